The highest BCUT2D eigenvalue weighted by molar-refractivity contribution is 6.30. The molecule has 30 heavy (non-hydrogen) atoms. The monoisotopic (exact) mass is 431 g/mol. The first-order valence-corrected chi connectivity index (χ1v) is 10.1. The number of H-pyrrole nitrogens is 1. The van der Waals surface area contributed by atoms with Gasteiger partial charge in [0.05, 0.1) is 0 Å². The van der Waals surface area contributed by atoms with Crippen molar-refractivity contribution in [2.24, 2.45) is 0 Å². The summed E-state index contributed by atoms with van der Waals surface area (Å²) in [6.07, 6.45) is 2.72. The van der Waals surface area contributed by atoms with Gasteiger partial charge in [-0.3, -0.25) is 5.10 Å². The highest BCUT2D eigenvalue weighted by Gasteiger charge is 2.15. The Balaban J connectivity index is 1.54. The van der Waals surface area contributed by atoms with Gasteiger partial charge in [-0.15, -0.1) is 0 Å². The van der Waals surface area contributed by atoms with Gasteiger partial charge in [0.1, 0.15) is 23.1 Å². The van der Waals surface area contributed by atoms with Crippen molar-refractivity contribution in [1.29, 1.82) is 0 Å². The fourth-order valence-electron chi connectivity index (χ4n) is 2.75. The first kappa shape index (κ1) is 21.6. The molecular formula is C20H26ClN7O2. The van der Waals surface area contributed by atoms with Crippen molar-refractivity contribution in [3.8, 4) is 0 Å². The number of nitrogens with zero attached hydrogens (tertiary/aromatic N) is 3. The maximum absolute atomic E-state index is 11.6. The van der Waals surface area contributed by atoms with E-state index in [2.05, 4.69) is 36.1 Å². The van der Waals surface area contributed by atoms with Crippen molar-refractivity contribution < 1.29 is 9.53 Å². The van der Waals surface area contributed by atoms with E-state index in [1.54, 1.807) is 0 Å². The number of alkyl carbamates (subject to hydrolysis) is 1. The molecule has 0 saturated carbocycles. The van der Waals surface area contributed by atoms with Gasteiger partial charge in [0, 0.05) is 23.8 Å². The molecule has 1 aromatic carbocycles. The van der Waals surface area contributed by atoms with Crippen molar-refractivity contribution >= 4 is 46.1 Å². The van der Waals surface area contributed by atoms with Crippen molar-refractivity contribution in [2.45, 2.75) is 39.2 Å². The Bertz CT molecular complexity index is 1000. The third-order valence-corrected chi connectivity index (χ3v) is 4.24. The Morgan fingerprint density at radius 3 is 2.73 bits per heavy atom. The molecule has 0 spiro atoms. The lowest BCUT2D eigenvalue weighted by Crippen LogP contribution is -2.33. The largest absolute Gasteiger partial charge is 0.444 e. The summed E-state index contributed by atoms with van der Waals surface area (Å²) in [5.74, 6) is 1.29. The van der Waals surface area contributed by atoms with Gasteiger partial charge in [-0.1, -0.05) is 17.7 Å². The third kappa shape index (κ3) is 6.21. The summed E-state index contributed by atoms with van der Waals surface area (Å²) in [6.45, 7) is 6.74. The molecule has 0 unspecified atom stereocenters. The number of ether oxygens (including phenoxy) is 1. The van der Waals surface area contributed by atoms with Gasteiger partial charge < -0.3 is 20.7 Å². The number of unbranched alkanes of at least 4 members (excludes halogenated alkanes) is 1. The molecule has 0 aliphatic carbocycles. The number of halogens is 1. The second-order valence-electron chi connectivity index (χ2n) is 7.72. The van der Waals surface area contributed by atoms with E-state index in [1.807, 2.05) is 45.0 Å². The van der Waals surface area contributed by atoms with E-state index >= 15 is 0 Å². The predicted octanol–water partition coefficient (Wildman–Crippen LogP) is 4.47. The van der Waals surface area contributed by atoms with Crippen LogP contribution >= 0.6 is 11.6 Å². The summed E-state index contributed by atoms with van der Waals surface area (Å²) in [5, 5.41) is 17.9. The second-order valence-corrected chi connectivity index (χ2v) is 8.15. The molecule has 1 amide bonds. The number of amides is 1. The average Bonchev–Trinajstić information content (AvgIpc) is 3.07. The van der Waals surface area contributed by atoms with Gasteiger partial charge in [-0.25, -0.2) is 14.8 Å². The zero-order valence-corrected chi connectivity index (χ0v) is 18.0. The minimum Gasteiger partial charge on any atom is -0.444 e. The van der Waals surface area contributed by atoms with Gasteiger partial charge in [0.15, 0.2) is 11.5 Å². The van der Waals surface area contributed by atoms with E-state index in [-0.39, 0.29) is 0 Å². The molecule has 0 aliphatic rings. The molecule has 3 rings (SSSR count). The van der Waals surface area contributed by atoms with Crippen molar-refractivity contribution in [3.05, 3.63) is 35.6 Å². The van der Waals surface area contributed by atoms with Gasteiger partial charge in [-0.2, -0.15) is 5.10 Å². The van der Waals surface area contributed by atoms with E-state index in [4.69, 9.17) is 16.3 Å². The minimum atomic E-state index is -0.494. The fraction of sp³-hybridized carbons (Fsp3) is 0.400. The zero-order chi connectivity index (χ0) is 21.6. The number of anilines is 3. The molecule has 0 saturated heterocycles. The molecule has 3 aromatic rings. The molecule has 4 N–H and O–H groups in total. The first-order chi connectivity index (χ1) is 14.3. The highest BCUT2D eigenvalue weighted by Crippen LogP contribution is 2.28. The number of hydrogen-bond donors (Lipinski definition) is 4. The second kappa shape index (κ2) is 9.62. The Morgan fingerprint density at radius 2 is 1.97 bits per heavy atom. The van der Waals surface area contributed by atoms with E-state index in [1.165, 1.54) is 6.33 Å². The summed E-state index contributed by atoms with van der Waals surface area (Å²) in [6, 6.07) is 7.40. The van der Waals surface area contributed by atoms with Crippen molar-refractivity contribution in [3.63, 3.8) is 0 Å². The van der Waals surface area contributed by atoms with Crippen molar-refractivity contribution in [2.75, 3.05) is 23.7 Å². The number of benzene rings is 1. The molecule has 2 heterocycles. The number of aromatic amines is 1. The SMILES string of the molecule is CC(C)(C)OC(=O)NCCCCNc1n[nH]c2ncnc(Nc3cccc(Cl)c3)c12. The van der Waals surface area contributed by atoms with Crippen molar-refractivity contribution in [1.82, 2.24) is 25.5 Å². The Labute approximate surface area is 180 Å². The highest BCUT2D eigenvalue weighted by atomic mass is 35.5. The Kier molecular flexibility index (Phi) is 6.94. The molecule has 160 valence electrons. The summed E-state index contributed by atoms with van der Waals surface area (Å²) < 4.78 is 5.21. The van der Waals surface area contributed by atoms with Crippen LogP contribution in [0.1, 0.15) is 33.6 Å². The molecule has 10 heteroatoms. The molecular weight excluding hydrogens is 406 g/mol. The predicted molar refractivity (Wildman–Crippen MR) is 118 cm³/mol. The number of carbonyl (C=O) groups is 1. The van der Waals surface area contributed by atoms with Crippen LogP contribution in [0.25, 0.3) is 11.0 Å². The molecule has 0 bridgehead atoms. The van der Waals surface area contributed by atoms with Crippen LogP contribution in [0.4, 0.5) is 22.1 Å². The number of carbonyl (C=O) groups excluding carboxylic acids is 1. The first-order valence-electron chi connectivity index (χ1n) is 9.74. The lowest BCUT2D eigenvalue weighted by molar-refractivity contribution is 0.0527. The molecule has 9 nitrogen and oxygen atoms in total. The number of nitrogens with one attached hydrogen (secondary N) is 4. The quantitative estimate of drug-likeness (QED) is 0.389. The maximum Gasteiger partial charge on any atom is 0.407 e. The summed E-state index contributed by atoms with van der Waals surface area (Å²) in [4.78, 5) is 20.2. The molecule has 0 fully saturated rings. The fourth-order valence-corrected chi connectivity index (χ4v) is 2.94. The minimum absolute atomic E-state index is 0.400. The van der Waals surface area contributed by atoms with E-state index < -0.39 is 11.7 Å². The number of rotatable bonds is 8. The normalized spacial score (nSPS) is 11.3. The summed E-state index contributed by atoms with van der Waals surface area (Å²) in [5.41, 5.74) is 0.956. The van der Waals surface area contributed by atoms with Crippen LogP contribution in [0.5, 0.6) is 0 Å². The Morgan fingerprint density at radius 1 is 1.17 bits per heavy atom. The average molecular weight is 432 g/mol. The molecule has 0 aliphatic heterocycles. The van der Waals surface area contributed by atoms with Crippen LogP contribution in [0, 0.1) is 0 Å². The molecule has 0 atom stereocenters. The van der Waals surface area contributed by atoms with Crippen LogP contribution in [0.15, 0.2) is 30.6 Å². The topological polar surface area (TPSA) is 117 Å². The number of aromatic nitrogens is 4. The summed E-state index contributed by atoms with van der Waals surface area (Å²) in [7, 11) is 0. The maximum atomic E-state index is 11.6. The van der Waals surface area contributed by atoms with Crippen LogP contribution in [0.3, 0.4) is 0 Å². The van der Waals surface area contributed by atoms with Crippen LogP contribution < -0.4 is 16.0 Å². The number of fused-ring (bicyclic) bond motifs is 1. The summed E-state index contributed by atoms with van der Waals surface area (Å²) >= 11 is 6.06. The van der Waals surface area contributed by atoms with E-state index in [9.17, 15) is 4.79 Å². The number of hydrogen-bond acceptors (Lipinski definition) is 7. The standard InChI is InChI=1S/C20H26ClN7O2/c1-20(2,3)30-19(29)23-10-5-4-9-22-17-15-16(24-12-25-18(15)28-27-17)26-14-8-6-7-13(21)11-14/h6-8,11-12H,4-5,9-10H2,1-3H3,(H,23,29)(H3,22,24,25,26,27,28). The van der Waals surface area contributed by atoms with Gasteiger partial charge in [0.25, 0.3) is 0 Å². The molecule has 2 aromatic heterocycles. The van der Waals surface area contributed by atoms with Crippen LogP contribution in [-0.4, -0.2) is 44.9 Å². The lowest BCUT2D eigenvalue weighted by atomic mass is 10.2. The van der Waals surface area contributed by atoms with Gasteiger partial charge in [-0.05, 0) is 51.8 Å². The zero-order valence-electron chi connectivity index (χ0n) is 17.3. The van der Waals surface area contributed by atoms with E-state index in [0.717, 1.165) is 23.9 Å². The van der Waals surface area contributed by atoms with Gasteiger partial charge >= 0.3 is 6.09 Å². The smallest absolute Gasteiger partial charge is 0.407 e. The van der Waals surface area contributed by atoms with Gasteiger partial charge in [0.2, 0.25) is 0 Å². The Hall–Kier alpha value is -3.07. The van der Waals surface area contributed by atoms with Crippen LogP contribution in [-0.2, 0) is 4.74 Å². The molecule has 0 radical (unpaired) electrons. The van der Waals surface area contributed by atoms with Crippen LogP contribution in [0.2, 0.25) is 5.02 Å². The lowest BCUT2D eigenvalue weighted by Gasteiger charge is -2.19. The van der Waals surface area contributed by atoms with E-state index in [0.29, 0.717) is 35.4 Å². The third-order valence-electron chi connectivity index (χ3n) is 4.01.